The first-order valence-electron chi connectivity index (χ1n) is 6.51. The summed E-state index contributed by atoms with van der Waals surface area (Å²) in [7, 11) is 0. The average Bonchev–Trinajstić information content (AvgIpc) is 3.04. The summed E-state index contributed by atoms with van der Waals surface area (Å²) in [6, 6.07) is 15.4. The van der Waals surface area contributed by atoms with Crippen molar-refractivity contribution in [3.63, 3.8) is 0 Å². The summed E-state index contributed by atoms with van der Waals surface area (Å²) in [5, 5.41) is 3.60. The van der Waals surface area contributed by atoms with Crippen LogP contribution in [-0.2, 0) is 12.8 Å². The summed E-state index contributed by atoms with van der Waals surface area (Å²) >= 11 is 0. The van der Waals surface area contributed by atoms with Crippen molar-refractivity contribution in [3.8, 4) is 5.75 Å². The van der Waals surface area contributed by atoms with Gasteiger partial charge in [0.05, 0.1) is 12.6 Å². The maximum atomic E-state index is 5.80. The fourth-order valence-corrected chi connectivity index (χ4v) is 3.00. The summed E-state index contributed by atoms with van der Waals surface area (Å²) < 4.78 is 5.80. The van der Waals surface area contributed by atoms with E-state index in [-0.39, 0.29) is 0 Å². The van der Waals surface area contributed by atoms with Gasteiger partial charge in [0.2, 0.25) is 0 Å². The van der Waals surface area contributed by atoms with Crippen molar-refractivity contribution in [2.24, 2.45) is 0 Å². The van der Waals surface area contributed by atoms with Crippen LogP contribution in [0.1, 0.15) is 22.7 Å². The van der Waals surface area contributed by atoms with Crippen LogP contribution in [0.4, 0.5) is 5.69 Å². The molecule has 1 N–H and O–H groups in total. The predicted octanol–water partition coefficient (Wildman–Crippen LogP) is 3.33. The Bertz CT molecular complexity index is 581. The maximum Gasteiger partial charge on any atom is 0.127 e. The van der Waals surface area contributed by atoms with E-state index < -0.39 is 0 Å². The largest absolute Gasteiger partial charge is 0.493 e. The molecule has 0 spiro atoms. The molecule has 0 saturated heterocycles. The fourth-order valence-electron chi connectivity index (χ4n) is 3.00. The highest BCUT2D eigenvalue weighted by molar-refractivity contribution is 5.60. The molecule has 0 fully saturated rings. The molecular weight excluding hydrogens is 222 g/mol. The highest BCUT2D eigenvalue weighted by Crippen LogP contribution is 2.40. The molecular formula is C16H15NO. The highest BCUT2D eigenvalue weighted by atomic mass is 16.5. The van der Waals surface area contributed by atoms with Crippen LogP contribution in [0, 0.1) is 0 Å². The van der Waals surface area contributed by atoms with Crippen LogP contribution in [0.5, 0.6) is 5.75 Å². The number of hydrogen-bond acceptors (Lipinski definition) is 2. The normalized spacial score (nSPS) is 19.9. The quantitative estimate of drug-likeness (QED) is 0.821. The van der Waals surface area contributed by atoms with Gasteiger partial charge in [0, 0.05) is 17.7 Å². The molecule has 1 atom stereocenters. The summed E-state index contributed by atoms with van der Waals surface area (Å²) in [4.78, 5) is 0. The molecule has 90 valence electrons. The minimum absolute atomic E-state index is 0.357. The van der Waals surface area contributed by atoms with E-state index in [9.17, 15) is 0 Å². The fraction of sp³-hybridized carbons (Fsp3) is 0.250. The van der Waals surface area contributed by atoms with E-state index >= 15 is 0 Å². The van der Waals surface area contributed by atoms with Crippen LogP contribution < -0.4 is 10.1 Å². The Labute approximate surface area is 107 Å². The van der Waals surface area contributed by atoms with Gasteiger partial charge in [-0.2, -0.15) is 0 Å². The molecule has 4 rings (SSSR count). The number of anilines is 1. The Balaban J connectivity index is 1.73. The van der Waals surface area contributed by atoms with E-state index in [2.05, 4.69) is 47.8 Å². The molecule has 18 heavy (non-hydrogen) atoms. The second kappa shape index (κ2) is 3.77. The summed E-state index contributed by atoms with van der Waals surface area (Å²) in [5.41, 5.74) is 5.32. The molecule has 2 aromatic rings. The van der Waals surface area contributed by atoms with Gasteiger partial charge >= 0.3 is 0 Å². The zero-order valence-electron chi connectivity index (χ0n) is 10.1. The maximum absolute atomic E-state index is 5.80. The van der Waals surface area contributed by atoms with Crippen molar-refractivity contribution in [2.75, 3.05) is 11.9 Å². The van der Waals surface area contributed by atoms with Gasteiger partial charge in [-0.25, -0.2) is 0 Å². The molecule has 0 saturated carbocycles. The van der Waals surface area contributed by atoms with E-state index in [1.165, 1.54) is 22.4 Å². The molecule has 2 heterocycles. The second-order valence-electron chi connectivity index (χ2n) is 4.99. The van der Waals surface area contributed by atoms with E-state index in [4.69, 9.17) is 4.74 Å². The van der Waals surface area contributed by atoms with Gasteiger partial charge in [-0.3, -0.25) is 0 Å². The van der Waals surface area contributed by atoms with Crippen LogP contribution in [-0.4, -0.2) is 6.61 Å². The van der Waals surface area contributed by atoms with Crippen LogP contribution in [0.3, 0.4) is 0 Å². The van der Waals surface area contributed by atoms with Crippen LogP contribution in [0.2, 0.25) is 0 Å². The second-order valence-corrected chi connectivity index (χ2v) is 4.99. The lowest BCUT2D eigenvalue weighted by Crippen LogP contribution is -2.07. The number of fused-ring (bicyclic) bond motifs is 2. The molecule has 0 amide bonds. The monoisotopic (exact) mass is 237 g/mol. The number of ether oxygens (including phenoxy) is 1. The lowest BCUT2D eigenvalue weighted by atomic mass is 9.99. The first kappa shape index (κ1) is 10.0. The number of para-hydroxylation sites is 2. The number of nitrogens with one attached hydrogen (secondary N) is 1. The molecule has 0 aliphatic carbocycles. The van der Waals surface area contributed by atoms with Gasteiger partial charge in [-0.15, -0.1) is 0 Å². The van der Waals surface area contributed by atoms with Crippen molar-refractivity contribution >= 4 is 5.69 Å². The highest BCUT2D eigenvalue weighted by Gasteiger charge is 2.26. The van der Waals surface area contributed by atoms with E-state index in [1.807, 2.05) is 0 Å². The smallest absolute Gasteiger partial charge is 0.127 e. The number of rotatable bonds is 1. The SMILES string of the molecule is c1ccc2c(c1)CC(c1cccc3c1OCC3)N2. The third-order valence-corrected chi connectivity index (χ3v) is 3.89. The van der Waals surface area contributed by atoms with E-state index in [0.717, 1.165) is 25.2 Å². The van der Waals surface area contributed by atoms with Crippen molar-refractivity contribution in [3.05, 3.63) is 59.2 Å². The first-order chi connectivity index (χ1) is 8.92. The molecule has 1 unspecified atom stereocenters. The van der Waals surface area contributed by atoms with E-state index in [0.29, 0.717) is 6.04 Å². The zero-order valence-corrected chi connectivity index (χ0v) is 10.1. The molecule has 2 aromatic carbocycles. The standard InChI is InChI=1S/C16H15NO/c1-2-7-14-12(4-1)10-15(17-14)13-6-3-5-11-8-9-18-16(11)13/h1-7,15,17H,8-10H2. The van der Waals surface area contributed by atoms with Crippen molar-refractivity contribution in [1.29, 1.82) is 0 Å². The predicted molar refractivity (Wildman–Crippen MR) is 72.2 cm³/mol. The molecule has 2 aliphatic heterocycles. The average molecular weight is 237 g/mol. The zero-order chi connectivity index (χ0) is 11.9. The third-order valence-electron chi connectivity index (χ3n) is 3.89. The van der Waals surface area contributed by atoms with E-state index in [1.54, 1.807) is 0 Å². The molecule has 0 bridgehead atoms. The van der Waals surface area contributed by atoms with Crippen molar-refractivity contribution < 1.29 is 4.74 Å². The molecule has 2 aliphatic rings. The summed E-state index contributed by atoms with van der Waals surface area (Å²) in [5.74, 6) is 1.11. The molecule has 0 radical (unpaired) electrons. The Morgan fingerprint density at radius 1 is 1.00 bits per heavy atom. The Kier molecular flexibility index (Phi) is 2.10. The van der Waals surface area contributed by atoms with Gasteiger partial charge in [-0.1, -0.05) is 36.4 Å². The lowest BCUT2D eigenvalue weighted by Gasteiger charge is -2.15. The molecule has 0 aromatic heterocycles. The topological polar surface area (TPSA) is 21.3 Å². The van der Waals surface area contributed by atoms with Gasteiger partial charge in [0.15, 0.2) is 0 Å². The van der Waals surface area contributed by atoms with Gasteiger partial charge in [0.1, 0.15) is 5.75 Å². The number of hydrogen-bond donors (Lipinski definition) is 1. The summed E-state index contributed by atoms with van der Waals surface area (Å²) in [6.45, 7) is 0.825. The first-order valence-corrected chi connectivity index (χ1v) is 6.51. The molecule has 2 nitrogen and oxygen atoms in total. The minimum atomic E-state index is 0.357. The van der Waals surface area contributed by atoms with Crippen molar-refractivity contribution in [1.82, 2.24) is 0 Å². The van der Waals surface area contributed by atoms with Crippen molar-refractivity contribution in [2.45, 2.75) is 18.9 Å². The minimum Gasteiger partial charge on any atom is -0.493 e. The number of benzene rings is 2. The Morgan fingerprint density at radius 3 is 2.83 bits per heavy atom. The van der Waals surface area contributed by atoms with Gasteiger partial charge in [0.25, 0.3) is 0 Å². The Hall–Kier alpha value is -1.96. The van der Waals surface area contributed by atoms with Gasteiger partial charge in [-0.05, 0) is 23.6 Å². The molecule has 2 heteroatoms. The van der Waals surface area contributed by atoms with Crippen LogP contribution in [0.15, 0.2) is 42.5 Å². The van der Waals surface area contributed by atoms with Crippen LogP contribution >= 0.6 is 0 Å². The summed E-state index contributed by atoms with van der Waals surface area (Å²) in [6.07, 6.45) is 2.10. The Morgan fingerprint density at radius 2 is 1.89 bits per heavy atom. The lowest BCUT2D eigenvalue weighted by molar-refractivity contribution is 0.352. The van der Waals surface area contributed by atoms with Gasteiger partial charge < -0.3 is 10.1 Å². The third kappa shape index (κ3) is 1.42. The van der Waals surface area contributed by atoms with Crippen LogP contribution in [0.25, 0.3) is 0 Å².